The summed E-state index contributed by atoms with van der Waals surface area (Å²) in [5.41, 5.74) is -1.28. The standard InChI is InChI=1S/C21H28N2O5.2ClH/c1-5-23(6-2)13-11-17-16(8-7-12-22-17)21(26,20(24)25)15-9-10-18(27-3)19(14-15)28-4;;/h7-10,12,14,26H,5-6,11,13H2,1-4H3,(H,24,25);2*1H. The fourth-order valence-electron chi connectivity index (χ4n) is 3.23. The molecule has 0 saturated carbocycles. The van der Waals surface area contributed by atoms with Gasteiger partial charge in [0.1, 0.15) is 0 Å². The minimum absolute atomic E-state index is 0. The van der Waals surface area contributed by atoms with E-state index in [1.165, 1.54) is 26.4 Å². The Labute approximate surface area is 189 Å². The van der Waals surface area contributed by atoms with Crippen molar-refractivity contribution >= 4 is 30.8 Å². The van der Waals surface area contributed by atoms with Crippen molar-refractivity contribution in [3.8, 4) is 11.5 Å². The number of nitrogens with zero attached hydrogens (tertiary/aromatic N) is 2. The molecule has 9 heteroatoms. The van der Waals surface area contributed by atoms with Crippen LogP contribution in [-0.4, -0.2) is 59.9 Å². The van der Waals surface area contributed by atoms with Gasteiger partial charge in [-0.05, 0) is 31.3 Å². The first-order valence-electron chi connectivity index (χ1n) is 9.27. The Morgan fingerprint density at radius 2 is 1.73 bits per heavy atom. The maximum atomic E-state index is 12.2. The van der Waals surface area contributed by atoms with Gasteiger partial charge in [0.2, 0.25) is 5.60 Å². The monoisotopic (exact) mass is 460 g/mol. The second-order valence-electron chi connectivity index (χ2n) is 6.36. The van der Waals surface area contributed by atoms with Crippen molar-refractivity contribution in [3.05, 3.63) is 53.3 Å². The van der Waals surface area contributed by atoms with Gasteiger partial charge in [-0.2, -0.15) is 0 Å². The number of pyridine rings is 1. The van der Waals surface area contributed by atoms with Crippen LogP contribution in [0.1, 0.15) is 30.7 Å². The van der Waals surface area contributed by atoms with E-state index in [1.54, 1.807) is 24.4 Å². The number of hydrogen-bond donors (Lipinski definition) is 2. The SMILES string of the molecule is CCN(CC)CCc1ncccc1C(O)(C(=O)O)c1ccc(OC)c(OC)c1.Cl.Cl. The molecule has 30 heavy (non-hydrogen) atoms. The van der Waals surface area contributed by atoms with Gasteiger partial charge in [0.15, 0.2) is 11.5 Å². The van der Waals surface area contributed by atoms with Crippen molar-refractivity contribution in [1.29, 1.82) is 0 Å². The van der Waals surface area contributed by atoms with Crippen LogP contribution in [0.2, 0.25) is 0 Å². The van der Waals surface area contributed by atoms with Crippen molar-refractivity contribution in [1.82, 2.24) is 9.88 Å². The zero-order valence-corrected chi connectivity index (χ0v) is 19.3. The highest BCUT2D eigenvalue weighted by atomic mass is 35.5. The third kappa shape index (κ3) is 5.76. The van der Waals surface area contributed by atoms with Crippen LogP contribution in [0.25, 0.3) is 0 Å². The molecule has 0 aliphatic carbocycles. The van der Waals surface area contributed by atoms with Crippen LogP contribution in [0, 0.1) is 0 Å². The predicted octanol–water partition coefficient (Wildman–Crippen LogP) is 3.15. The first-order chi connectivity index (χ1) is 13.4. The van der Waals surface area contributed by atoms with E-state index in [1.807, 2.05) is 0 Å². The molecular formula is C21H30Cl2N2O5. The van der Waals surface area contributed by atoms with Gasteiger partial charge < -0.3 is 24.6 Å². The lowest BCUT2D eigenvalue weighted by Crippen LogP contribution is -2.38. The maximum absolute atomic E-state index is 12.2. The van der Waals surface area contributed by atoms with Crippen LogP contribution in [-0.2, 0) is 16.8 Å². The van der Waals surface area contributed by atoms with E-state index in [9.17, 15) is 15.0 Å². The molecule has 7 nitrogen and oxygen atoms in total. The Bertz CT molecular complexity index is 818. The van der Waals surface area contributed by atoms with Crippen molar-refractivity contribution in [3.63, 3.8) is 0 Å². The van der Waals surface area contributed by atoms with E-state index < -0.39 is 11.6 Å². The molecule has 1 aromatic heterocycles. The summed E-state index contributed by atoms with van der Waals surface area (Å²) in [6, 6.07) is 7.82. The molecule has 1 aromatic carbocycles. The number of halogens is 2. The molecule has 0 fully saturated rings. The average Bonchev–Trinajstić information content (AvgIpc) is 2.73. The summed E-state index contributed by atoms with van der Waals surface area (Å²) in [7, 11) is 2.95. The van der Waals surface area contributed by atoms with Crippen LogP contribution >= 0.6 is 24.8 Å². The van der Waals surface area contributed by atoms with Crippen LogP contribution < -0.4 is 9.47 Å². The number of hydrogen-bond acceptors (Lipinski definition) is 6. The molecule has 1 unspecified atom stereocenters. The summed E-state index contributed by atoms with van der Waals surface area (Å²) in [5.74, 6) is -0.586. The summed E-state index contributed by atoms with van der Waals surface area (Å²) in [6.07, 6.45) is 2.14. The number of methoxy groups -OCH3 is 2. The predicted molar refractivity (Wildman–Crippen MR) is 120 cm³/mol. The number of aromatic nitrogens is 1. The van der Waals surface area contributed by atoms with Crippen molar-refractivity contribution in [2.24, 2.45) is 0 Å². The van der Waals surface area contributed by atoms with Gasteiger partial charge in [-0.1, -0.05) is 26.0 Å². The summed E-state index contributed by atoms with van der Waals surface area (Å²) in [6.45, 7) is 6.63. The molecule has 2 N–H and O–H groups in total. The number of aliphatic carboxylic acids is 1. The molecule has 0 aliphatic heterocycles. The third-order valence-electron chi connectivity index (χ3n) is 4.95. The molecule has 1 heterocycles. The summed E-state index contributed by atoms with van der Waals surface area (Å²) in [4.78, 5) is 18.8. The average molecular weight is 461 g/mol. The van der Waals surface area contributed by atoms with Gasteiger partial charge in [-0.15, -0.1) is 24.8 Å². The molecule has 0 spiro atoms. The van der Waals surface area contributed by atoms with Crippen LogP contribution in [0.5, 0.6) is 11.5 Å². The second-order valence-corrected chi connectivity index (χ2v) is 6.36. The number of carboxylic acid groups (broad SMARTS) is 1. The first-order valence-corrected chi connectivity index (χ1v) is 9.27. The fourth-order valence-corrected chi connectivity index (χ4v) is 3.23. The molecule has 0 radical (unpaired) electrons. The van der Waals surface area contributed by atoms with E-state index >= 15 is 0 Å². The normalized spacial score (nSPS) is 12.3. The quantitative estimate of drug-likeness (QED) is 0.562. The van der Waals surface area contributed by atoms with Crippen LogP contribution in [0.15, 0.2) is 36.5 Å². The Kier molecular flexibility index (Phi) is 11.7. The summed E-state index contributed by atoms with van der Waals surface area (Å²) >= 11 is 0. The number of carboxylic acids is 1. The number of rotatable bonds is 10. The lowest BCUT2D eigenvalue weighted by Gasteiger charge is -2.27. The molecule has 0 bridgehead atoms. The van der Waals surface area contributed by atoms with E-state index in [0.717, 1.165) is 19.6 Å². The van der Waals surface area contributed by atoms with Crippen molar-refractivity contribution in [2.75, 3.05) is 33.9 Å². The number of likely N-dealkylation sites (N-methyl/N-ethyl adjacent to an activating group) is 1. The van der Waals surface area contributed by atoms with Gasteiger partial charge in [0.05, 0.1) is 14.2 Å². The van der Waals surface area contributed by atoms with Crippen molar-refractivity contribution < 1.29 is 24.5 Å². The highest BCUT2D eigenvalue weighted by molar-refractivity contribution is 5.86. The molecule has 168 valence electrons. The lowest BCUT2D eigenvalue weighted by molar-refractivity contribution is -0.155. The zero-order valence-electron chi connectivity index (χ0n) is 17.6. The Hall–Kier alpha value is -2.06. The van der Waals surface area contributed by atoms with Gasteiger partial charge in [-0.3, -0.25) is 4.98 Å². The molecule has 2 rings (SSSR count). The Balaban J connectivity index is 0.00000420. The van der Waals surface area contributed by atoms with E-state index in [2.05, 4.69) is 23.7 Å². The number of ether oxygens (including phenoxy) is 2. The smallest absolute Gasteiger partial charge is 0.345 e. The van der Waals surface area contributed by atoms with Crippen molar-refractivity contribution in [2.45, 2.75) is 25.9 Å². The largest absolute Gasteiger partial charge is 0.493 e. The first kappa shape index (κ1) is 27.9. The van der Waals surface area contributed by atoms with Gasteiger partial charge in [0, 0.05) is 36.0 Å². The molecule has 2 aromatic rings. The zero-order chi connectivity index (χ0) is 20.7. The number of benzene rings is 1. The Morgan fingerprint density at radius 1 is 1.10 bits per heavy atom. The highest BCUT2D eigenvalue weighted by Gasteiger charge is 2.42. The number of aliphatic hydroxyl groups is 1. The van der Waals surface area contributed by atoms with Gasteiger partial charge in [0.25, 0.3) is 0 Å². The van der Waals surface area contributed by atoms with Crippen LogP contribution in [0.3, 0.4) is 0 Å². The topological polar surface area (TPSA) is 92.1 Å². The molecule has 0 amide bonds. The molecule has 1 atom stereocenters. The van der Waals surface area contributed by atoms with E-state index in [-0.39, 0.29) is 35.9 Å². The molecule has 0 saturated heterocycles. The maximum Gasteiger partial charge on any atom is 0.345 e. The molecular weight excluding hydrogens is 431 g/mol. The summed E-state index contributed by atoms with van der Waals surface area (Å²) in [5, 5.41) is 21.3. The molecule has 0 aliphatic rings. The second kappa shape index (κ2) is 12.6. The lowest BCUT2D eigenvalue weighted by atomic mass is 9.84. The van der Waals surface area contributed by atoms with E-state index in [4.69, 9.17) is 9.47 Å². The van der Waals surface area contributed by atoms with Gasteiger partial charge >= 0.3 is 5.97 Å². The van der Waals surface area contributed by atoms with Gasteiger partial charge in [-0.25, -0.2) is 4.79 Å². The Morgan fingerprint density at radius 3 is 2.27 bits per heavy atom. The minimum atomic E-state index is -2.26. The fraction of sp³-hybridized carbons (Fsp3) is 0.429. The van der Waals surface area contributed by atoms with Crippen LogP contribution in [0.4, 0.5) is 0 Å². The van der Waals surface area contributed by atoms with E-state index in [0.29, 0.717) is 23.6 Å². The third-order valence-corrected chi connectivity index (χ3v) is 4.95. The minimum Gasteiger partial charge on any atom is -0.493 e. The number of carbonyl (C=O) groups is 1. The highest BCUT2D eigenvalue weighted by Crippen LogP contribution is 2.37. The summed E-state index contributed by atoms with van der Waals surface area (Å²) < 4.78 is 10.5.